The molecular formula is C20H16O3. The highest BCUT2D eigenvalue weighted by Crippen LogP contribution is 2.41. The Labute approximate surface area is 132 Å². The van der Waals surface area contributed by atoms with Gasteiger partial charge in [-0.15, -0.1) is 0 Å². The molecule has 0 radical (unpaired) electrons. The van der Waals surface area contributed by atoms with Gasteiger partial charge in [-0.3, -0.25) is 0 Å². The van der Waals surface area contributed by atoms with E-state index in [0.717, 1.165) is 21.9 Å². The molecule has 3 atom stereocenters. The van der Waals surface area contributed by atoms with Crippen LogP contribution in [0.5, 0.6) is 0 Å². The maximum absolute atomic E-state index is 10.4. The van der Waals surface area contributed by atoms with Crippen molar-refractivity contribution in [3.63, 3.8) is 0 Å². The van der Waals surface area contributed by atoms with Crippen LogP contribution in [-0.4, -0.2) is 27.5 Å². The lowest BCUT2D eigenvalue weighted by molar-refractivity contribution is -0.0682. The first kappa shape index (κ1) is 13.3. The topological polar surface area (TPSA) is 60.7 Å². The molecule has 3 heteroatoms. The molecule has 3 unspecified atom stereocenters. The van der Waals surface area contributed by atoms with Crippen molar-refractivity contribution in [2.24, 2.45) is 0 Å². The van der Waals surface area contributed by atoms with Crippen molar-refractivity contribution in [3.05, 3.63) is 59.7 Å². The van der Waals surface area contributed by atoms with E-state index in [0.29, 0.717) is 6.42 Å². The van der Waals surface area contributed by atoms with Crippen LogP contribution in [-0.2, 0) is 6.42 Å². The van der Waals surface area contributed by atoms with Crippen molar-refractivity contribution >= 4 is 32.3 Å². The smallest absolute Gasteiger partial charge is 0.110 e. The second-order valence-corrected chi connectivity index (χ2v) is 6.51. The fourth-order valence-corrected chi connectivity index (χ4v) is 4.11. The summed E-state index contributed by atoms with van der Waals surface area (Å²) >= 11 is 0. The first-order chi connectivity index (χ1) is 11.1. The summed E-state index contributed by atoms with van der Waals surface area (Å²) in [5.41, 5.74) is 1.68. The van der Waals surface area contributed by atoms with E-state index in [4.69, 9.17) is 0 Å². The molecule has 5 rings (SSSR count). The summed E-state index contributed by atoms with van der Waals surface area (Å²) in [4.78, 5) is 0. The summed E-state index contributed by atoms with van der Waals surface area (Å²) < 4.78 is 0. The monoisotopic (exact) mass is 304 g/mol. The third-order valence-electron chi connectivity index (χ3n) is 5.24. The third-order valence-corrected chi connectivity index (χ3v) is 5.24. The Kier molecular flexibility index (Phi) is 2.55. The average molecular weight is 304 g/mol. The molecule has 0 amide bonds. The Bertz CT molecular complexity index is 1040. The van der Waals surface area contributed by atoms with Gasteiger partial charge >= 0.3 is 0 Å². The molecule has 4 aromatic rings. The van der Waals surface area contributed by atoms with Crippen molar-refractivity contribution in [2.45, 2.75) is 24.7 Å². The van der Waals surface area contributed by atoms with Gasteiger partial charge in [-0.2, -0.15) is 0 Å². The molecule has 0 aliphatic heterocycles. The minimum absolute atomic E-state index is 0.363. The van der Waals surface area contributed by atoms with Gasteiger partial charge in [0, 0.05) is 6.42 Å². The van der Waals surface area contributed by atoms with E-state index < -0.39 is 18.3 Å². The molecule has 0 saturated heterocycles. The highest BCUT2D eigenvalue weighted by Gasteiger charge is 2.34. The molecule has 1 aliphatic rings. The van der Waals surface area contributed by atoms with Crippen molar-refractivity contribution in [1.82, 2.24) is 0 Å². The average Bonchev–Trinajstić information content (AvgIpc) is 2.58. The van der Waals surface area contributed by atoms with E-state index in [-0.39, 0.29) is 0 Å². The predicted molar refractivity (Wildman–Crippen MR) is 90.8 cm³/mol. The second-order valence-electron chi connectivity index (χ2n) is 6.51. The first-order valence-corrected chi connectivity index (χ1v) is 7.88. The molecule has 0 heterocycles. The van der Waals surface area contributed by atoms with Crippen molar-refractivity contribution in [1.29, 1.82) is 0 Å². The van der Waals surface area contributed by atoms with Crippen LogP contribution < -0.4 is 0 Å². The zero-order chi connectivity index (χ0) is 15.7. The van der Waals surface area contributed by atoms with E-state index in [1.165, 1.54) is 21.5 Å². The van der Waals surface area contributed by atoms with Gasteiger partial charge in [0.1, 0.15) is 12.2 Å². The molecular weight excluding hydrogens is 288 g/mol. The van der Waals surface area contributed by atoms with E-state index in [9.17, 15) is 15.3 Å². The van der Waals surface area contributed by atoms with Gasteiger partial charge in [0.2, 0.25) is 0 Å². The summed E-state index contributed by atoms with van der Waals surface area (Å²) in [6.45, 7) is 0. The standard InChI is InChI=1S/C20H16O3/c21-16-9-14-13-7-6-11-3-1-2-10-4-5-12(18(13)17(10)11)8-15(14)19(22)20(16)23/h1-8,16,19-23H,9H2. The van der Waals surface area contributed by atoms with Gasteiger partial charge in [0.25, 0.3) is 0 Å². The minimum atomic E-state index is -1.13. The summed E-state index contributed by atoms with van der Waals surface area (Å²) in [6.07, 6.45) is -2.75. The van der Waals surface area contributed by atoms with Crippen LogP contribution in [0.3, 0.4) is 0 Å². The van der Waals surface area contributed by atoms with E-state index in [1.54, 1.807) is 0 Å². The Morgan fingerprint density at radius 2 is 1.48 bits per heavy atom. The lowest BCUT2D eigenvalue weighted by Gasteiger charge is -2.32. The Hall–Kier alpha value is -2.20. The van der Waals surface area contributed by atoms with Crippen LogP contribution in [0.25, 0.3) is 32.3 Å². The SMILES string of the molecule is OC1Cc2c(cc3ccc4cccc5ccc2c3c45)C(O)C1O. The van der Waals surface area contributed by atoms with Gasteiger partial charge in [0.05, 0.1) is 6.10 Å². The van der Waals surface area contributed by atoms with Crippen LogP contribution >= 0.6 is 0 Å². The Morgan fingerprint density at radius 1 is 0.783 bits per heavy atom. The quantitative estimate of drug-likeness (QED) is 0.438. The van der Waals surface area contributed by atoms with Crippen LogP contribution in [0.2, 0.25) is 0 Å². The normalized spacial score (nSPS) is 24.6. The molecule has 23 heavy (non-hydrogen) atoms. The molecule has 0 bridgehead atoms. The van der Waals surface area contributed by atoms with Crippen LogP contribution in [0.1, 0.15) is 17.2 Å². The summed E-state index contributed by atoms with van der Waals surface area (Å²) in [5.74, 6) is 0. The van der Waals surface area contributed by atoms with Crippen molar-refractivity contribution in [3.8, 4) is 0 Å². The molecule has 0 saturated carbocycles. The van der Waals surface area contributed by atoms with Gasteiger partial charge in [-0.25, -0.2) is 0 Å². The number of benzene rings is 4. The number of hydrogen-bond donors (Lipinski definition) is 3. The number of rotatable bonds is 0. The molecule has 3 nitrogen and oxygen atoms in total. The zero-order valence-corrected chi connectivity index (χ0v) is 12.4. The van der Waals surface area contributed by atoms with E-state index in [2.05, 4.69) is 42.5 Å². The fraction of sp³-hybridized carbons (Fsp3) is 0.200. The maximum atomic E-state index is 10.4. The first-order valence-electron chi connectivity index (χ1n) is 7.88. The van der Waals surface area contributed by atoms with Crippen molar-refractivity contribution < 1.29 is 15.3 Å². The summed E-state index contributed by atoms with van der Waals surface area (Å²) in [5, 5.41) is 37.4. The largest absolute Gasteiger partial charge is 0.390 e. The highest BCUT2D eigenvalue weighted by molar-refractivity contribution is 6.23. The van der Waals surface area contributed by atoms with Gasteiger partial charge in [0.15, 0.2) is 0 Å². The lowest BCUT2D eigenvalue weighted by Crippen LogP contribution is -2.38. The number of fused-ring (bicyclic) bond motifs is 2. The summed E-state index contributed by atoms with van der Waals surface area (Å²) in [6, 6.07) is 16.5. The molecule has 0 spiro atoms. The number of aliphatic hydroxyl groups excluding tert-OH is 3. The molecule has 0 fully saturated rings. The van der Waals surface area contributed by atoms with Gasteiger partial charge < -0.3 is 15.3 Å². The van der Waals surface area contributed by atoms with Crippen LogP contribution in [0, 0.1) is 0 Å². The lowest BCUT2D eigenvalue weighted by atomic mass is 9.80. The zero-order valence-electron chi connectivity index (χ0n) is 12.4. The molecule has 114 valence electrons. The van der Waals surface area contributed by atoms with Crippen LogP contribution in [0.15, 0.2) is 48.5 Å². The van der Waals surface area contributed by atoms with Crippen molar-refractivity contribution in [2.75, 3.05) is 0 Å². The Balaban J connectivity index is 1.99. The second kappa shape index (κ2) is 4.42. The summed E-state index contributed by atoms with van der Waals surface area (Å²) in [7, 11) is 0. The molecule has 4 aromatic carbocycles. The fourth-order valence-electron chi connectivity index (χ4n) is 4.11. The van der Waals surface area contributed by atoms with Crippen LogP contribution in [0.4, 0.5) is 0 Å². The highest BCUT2D eigenvalue weighted by atomic mass is 16.4. The predicted octanol–water partition coefficient (Wildman–Crippen LogP) is 2.90. The van der Waals surface area contributed by atoms with Gasteiger partial charge in [-0.1, -0.05) is 42.5 Å². The van der Waals surface area contributed by atoms with E-state index >= 15 is 0 Å². The van der Waals surface area contributed by atoms with E-state index in [1.807, 2.05) is 6.07 Å². The van der Waals surface area contributed by atoms with Gasteiger partial charge in [-0.05, 0) is 49.5 Å². The maximum Gasteiger partial charge on any atom is 0.110 e. The number of hydrogen-bond acceptors (Lipinski definition) is 3. The molecule has 1 aliphatic carbocycles. The molecule has 3 N–H and O–H groups in total. The Morgan fingerprint density at radius 3 is 2.26 bits per heavy atom. The third kappa shape index (κ3) is 1.64. The minimum Gasteiger partial charge on any atom is -0.390 e. The number of aliphatic hydroxyl groups is 3. The molecule has 0 aromatic heterocycles.